The van der Waals surface area contributed by atoms with E-state index in [2.05, 4.69) is 21.4 Å². The number of hydrogen-bond acceptors (Lipinski definition) is 4. The summed E-state index contributed by atoms with van der Waals surface area (Å²) in [4.78, 5) is 23.5. The summed E-state index contributed by atoms with van der Waals surface area (Å²) < 4.78 is 9.58. The van der Waals surface area contributed by atoms with Gasteiger partial charge in [-0.15, -0.1) is 9.24 Å². The van der Waals surface area contributed by atoms with Crippen LogP contribution in [0.15, 0.2) is 78.9 Å². The molecule has 0 aliphatic rings. The van der Waals surface area contributed by atoms with Crippen LogP contribution in [-0.2, 0) is 14.6 Å². The van der Waals surface area contributed by atoms with Gasteiger partial charge in [0.2, 0.25) is 0 Å². The zero-order valence-electron chi connectivity index (χ0n) is 15.7. The van der Waals surface area contributed by atoms with Crippen molar-refractivity contribution < 1.29 is 19.1 Å². The first kappa shape index (κ1) is 19.8. The molecule has 0 amide bonds. The van der Waals surface area contributed by atoms with Crippen LogP contribution >= 0.6 is 9.24 Å². The third-order valence-electron chi connectivity index (χ3n) is 4.75. The summed E-state index contributed by atoms with van der Waals surface area (Å²) in [6.07, 6.45) is 0. The summed E-state index contributed by atoms with van der Waals surface area (Å²) in [6.45, 7) is 0. The third-order valence-corrected chi connectivity index (χ3v) is 5.75. The zero-order valence-corrected chi connectivity index (χ0v) is 16.9. The molecule has 142 valence electrons. The number of methoxy groups -OCH3 is 2. The van der Waals surface area contributed by atoms with E-state index in [1.165, 1.54) is 14.2 Å². The fourth-order valence-electron chi connectivity index (χ4n) is 3.18. The normalized spacial score (nSPS) is 11.0. The summed E-state index contributed by atoms with van der Waals surface area (Å²) in [5.41, 5.74) is 4.03. The van der Waals surface area contributed by atoms with Crippen molar-refractivity contribution in [3.63, 3.8) is 0 Å². The van der Waals surface area contributed by atoms with Crippen LogP contribution < -0.4 is 0 Å². The maximum absolute atomic E-state index is 11.8. The van der Waals surface area contributed by atoms with E-state index in [-0.39, 0.29) is 11.9 Å². The summed E-state index contributed by atoms with van der Waals surface area (Å²) in [7, 11) is 5.66. The molecule has 0 spiro atoms. The second kappa shape index (κ2) is 8.37. The molecule has 0 fully saturated rings. The average molecular weight is 392 g/mol. The highest BCUT2D eigenvalue weighted by Gasteiger charge is 2.31. The van der Waals surface area contributed by atoms with Gasteiger partial charge in [-0.25, -0.2) is 9.59 Å². The van der Waals surface area contributed by atoms with Gasteiger partial charge < -0.3 is 9.47 Å². The Morgan fingerprint density at radius 1 is 0.643 bits per heavy atom. The van der Waals surface area contributed by atoms with Gasteiger partial charge in [0.1, 0.15) is 0 Å². The molecule has 28 heavy (non-hydrogen) atoms. The molecule has 3 aromatic carbocycles. The Labute approximate surface area is 166 Å². The number of ether oxygens (including phenoxy) is 2. The zero-order chi connectivity index (χ0) is 20.1. The van der Waals surface area contributed by atoms with E-state index in [1.807, 2.05) is 42.5 Å². The first-order valence-electron chi connectivity index (χ1n) is 8.73. The molecule has 0 saturated heterocycles. The highest BCUT2D eigenvalue weighted by Crippen LogP contribution is 2.45. The topological polar surface area (TPSA) is 52.6 Å². The van der Waals surface area contributed by atoms with Crippen LogP contribution in [0.25, 0.3) is 0 Å². The van der Waals surface area contributed by atoms with Crippen LogP contribution in [0.1, 0.15) is 37.4 Å². The summed E-state index contributed by atoms with van der Waals surface area (Å²) in [5.74, 6) is -0.744. The highest BCUT2D eigenvalue weighted by molar-refractivity contribution is 7.19. The summed E-state index contributed by atoms with van der Waals surface area (Å²) >= 11 is 0. The summed E-state index contributed by atoms with van der Waals surface area (Å²) in [5, 5.41) is -0.551. The molecular weight excluding hydrogens is 371 g/mol. The van der Waals surface area contributed by atoms with Crippen molar-refractivity contribution in [1.29, 1.82) is 0 Å². The fourth-order valence-corrected chi connectivity index (χ4v) is 3.75. The quantitative estimate of drug-likeness (QED) is 0.366. The van der Waals surface area contributed by atoms with E-state index >= 15 is 0 Å². The molecule has 0 bridgehead atoms. The number of rotatable bonds is 5. The monoisotopic (exact) mass is 392 g/mol. The SMILES string of the molecule is COC(=O)c1ccc(C(P)(c2ccccc2)c2ccc(C(=O)OC)cc2)cc1. The molecule has 1 atom stereocenters. The van der Waals surface area contributed by atoms with Gasteiger partial charge in [-0.1, -0.05) is 54.6 Å². The molecule has 0 aliphatic carbocycles. The van der Waals surface area contributed by atoms with Crippen LogP contribution in [0.5, 0.6) is 0 Å². The Balaban J connectivity index is 2.11. The smallest absolute Gasteiger partial charge is 0.337 e. The molecule has 5 heteroatoms. The molecule has 0 N–H and O–H groups in total. The van der Waals surface area contributed by atoms with Crippen molar-refractivity contribution in [2.45, 2.75) is 5.16 Å². The predicted molar refractivity (Wildman–Crippen MR) is 112 cm³/mol. The van der Waals surface area contributed by atoms with Gasteiger partial charge in [-0.05, 0) is 41.0 Å². The van der Waals surface area contributed by atoms with Crippen LogP contribution in [0, 0.1) is 0 Å². The van der Waals surface area contributed by atoms with E-state index in [0.717, 1.165) is 16.7 Å². The first-order chi connectivity index (χ1) is 13.5. The minimum Gasteiger partial charge on any atom is -0.465 e. The lowest BCUT2D eigenvalue weighted by Gasteiger charge is -2.32. The van der Waals surface area contributed by atoms with Crippen molar-refractivity contribution in [3.05, 3.63) is 107 Å². The van der Waals surface area contributed by atoms with Gasteiger partial charge in [-0.2, -0.15) is 0 Å². The van der Waals surface area contributed by atoms with Crippen LogP contribution in [0.3, 0.4) is 0 Å². The fraction of sp³-hybridized carbons (Fsp3) is 0.130. The molecule has 3 aromatic rings. The van der Waals surface area contributed by atoms with Crippen molar-refractivity contribution in [3.8, 4) is 0 Å². The van der Waals surface area contributed by atoms with Crippen LogP contribution in [0.4, 0.5) is 0 Å². The molecule has 0 saturated carbocycles. The Morgan fingerprint density at radius 3 is 1.36 bits per heavy atom. The van der Waals surface area contributed by atoms with E-state index in [1.54, 1.807) is 24.3 Å². The van der Waals surface area contributed by atoms with Gasteiger partial charge in [0.25, 0.3) is 0 Å². The first-order valence-corrected chi connectivity index (χ1v) is 9.30. The van der Waals surface area contributed by atoms with Crippen molar-refractivity contribution in [2.24, 2.45) is 0 Å². The maximum Gasteiger partial charge on any atom is 0.337 e. The minimum absolute atomic E-state index is 0.372. The second-order valence-electron chi connectivity index (χ2n) is 6.31. The van der Waals surface area contributed by atoms with E-state index in [4.69, 9.17) is 9.47 Å². The molecule has 1 unspecified atom stereocenters. The van der Waals surface area contributed by atoms with Gasteiger partial charge in [0, 0.05) is 0 Å². The van der Waals surface area contributed by atoms with Gasteiger partial charge >= 0.3 is 11.9 Å². The average Bonchev–Trinajstić information content (AvgIpc) is 2.78. The number of carbonyl (C=O) groups is 2. The Hall–Kier alpha value is -2.97. The number of hydrogen-bond donors (Lipinski definition) is 0. The number of carbonyl (C=O) groups excluding carboxylic acids is 2. The maximum atomic E-state index is 11.8. The molecule has 3 rings (SSSR count). The standard InChI is InChI=1S/C23H21O4P/c1-26-21(24)16-8-12-19(13-9-16)23(28,18-6-4-3-5-7-18)20-14-10-17(11-15-20)22(25)27-2/h3-15H,28H2,1-2H3. The second-order valence-corrected chi connectivity index (χ2v) is 7.18. The molecule has 0 aliphatic heterocycles. The van der Waals surface area contributed by atoms with Crippen molar-refractivity contribution >= 4 is 21.2 Å². The van der Waals surface area contributed by atoms with Crippen LogP contribution in [-0.4, -0.2) is 26.2 Å². The highest BCUT2D eigenvalue weighted by atomic mass is 31.0. The Bertz CT molecular complexity index is 904. The van der Waals surface area contributed by atoms with E-state index < -0.39 is 5.16 Å². The predicted octanol–water partition coefficient (Wildman–Crippen LogP) is 4.43. The van der Waals surface area contributed by atoms with Crippen LogP contribution in [0.2, 0.25) is 0 Å². The molecule has 0 aromatic heterocycles. The lowest BCUT2D eigenvalue weighted by Crippen LogP contribution is -2.22. The Kier molecular flexibility index (Phi) is 5.91. The van der Waals surface area contributed by atoms with Gasteiger partial charge in [0.05, 0.1) is 30.5 Å². The number of benzene rings is 3. The summed E-state index contributed by atoms with van der Waals surface area (Å²) in [6, 6.07) is 24.7. The van der Waals surface area contributed by atoms with Crippen molar-refractivity contribution in [1.82, 2.24) is 0 Å². The Morgan fingerprint density at radius 2 is 1.00 bits per heavy atom. The van der Waals surface area contributed by atoms with Gasteiger partial charge in [0.15, 0.2) is 0 Å². The third kappa shape index (κ3) is 3.69. The molecule has 0 radical (unpaired) electrons. The molecule has 4 nitrogen and oxygen atoms in total. The minimum atomic E-state index is -0.551. The largest absolute Gasteiger partial charge is 0.465 e. The molecule has 0 heterocycles. The lowest BCUT2D eigenvalue weighted by atomic mass is 9.83. The van der Waals surface area contributed by atoms with Gasteiger partial charge in [-0.3, -0.25) is 0 Å². The van der Waals surface area contributed by atoms with Crippen molar-refractivity contribution in [2.75, 3.05) is 14.2 Å². The molecular formula is C23H21O4P. The van der Waals surface area contributed by atoms with E-state index in [0.29, 0.717) is 11.1 Å². The lowest BCUT2D eigenvalue weighted by molar-refractivity contribution is 0.0592. The number of esters is 2. The van der Waals surface area contributed by atoms with E-state index in [9.17, 15) is 9.59 Å².